The molecule has 27 heavy (non-hydrogen) atoms. The highest BCUT2D eigenvalue weighted by Crippen LogP contribution is 2.42. The second-order valence-corrected chi connectivity index (χ2v) is 8.86. The summed E-state index contributed by atoms with van der Waals surface area (Å²) >= 11 is 0. The van der Waals surface area contributed by atoms with Crippen LogP contribution < -0.4 is 4.90 Å². The average molecular weight is 368 g/mol. The van der Waals surface area contributed by atoms with Crippen molar-refractivity contribution in [2.45, 2.75) is 45.6 Å². The van der Waals surface area contributed by atoms with Crippen molar-refractivity contribution >= 4 is 22.7 Å². The van der Waals surface area contributed by atoms with Crippen LogP contribution in [0.1, 0.15) is 40.0 Å². The topological polar surface area (TPSA) is 58.6 Å². The van der Waals surface area contributed by atoms with E-state index in [0.717, 1.165) is 56.3 Å². The van der Waals surface area contributed by atoms with Crippen LogP contribution in [0.4, 0.5) is 10.5 Å². The van der Waals surface area contributed by atoms with Crippen LogP contribution in [0.5, 0.6) is 0 Å². The van der Waals surface area contributed by atoms with Gasteiger partial charge in [0, 0.05) is 49.6 Å². The number of hydrogen-bond donors (Lipinski definition) is 0. The molecule has 0 bridgehead atoms. The van der Waals surface area contributed by atoms with Gasteiger partial charge < -0.3 is 14.5 Å². The van der Waals surface area contributed by atoms with Gasteiger partial charge in [-0.25, -0.2) is 4.79 Å². The first-order valence-electron chi connectivity index (χ1n) is 9.77. The van der Waals surface area contributed by atoms with Crippen LogP contribution in [0.3, 0.4) is 0 Å². The number of pyridine rings is 2. The number of ether oxygens (including phenoxy) is 1. The lowest BCUT2D eigenvalue weighted by Gasteiger charge is -2.40. The Morgan fingerprint density at radius 2 is 1.85 bits per heavy atom. The average Bonchev–Trinajstić information content (AvgIpc) is 3.05. The summed E-state index contributed by atoms with van der Waals surface area (Å²) in [6.07, 6.45) is 8.61. The molecule has 2 aromatic rings. The van der Waals surface area contributed by atoms with Crippen molar-refractivity contribution in [3.8, 4) is 0 Å². The molecule has 144 valence electrons. The minimum Gasteiger partial charge on any atom is -0.444 e. The molecule has 1 amide bonds. The van der Waals surface area contributed by atoms with Crippen LogP contribution in [-0.2, 0) is 4.74 Å². The third-order valence-corrected chi connectivity index (χ3v) is 5.78. The van der Waals surface area contributed by atoms with E-state index in [1.807, 2.05) is 50.3 Å². The fourth-order valence-electron chi connectivity index (χ4n) is 4.31. The van der Waals surface area contributed by atoms with E-state index in [1.54, 1.807) is 0 Å². The number of piperidine rings is 1. The molecule has 2 fully saturated rings. The fourth-order valence-corrected chi connectivity index (χ4v) is 4.31. The van der Waals surface area contributed by atoms with Gasteiger partial charge in [-0.15, -0.1) is 0 Å². The number of aromatic nitrogens is 2. The van der Waals surface area contributed by atoms with Crippen molar-refractivity contribution in [3.05, 3.63) is 30.7 Å². The van der Waals surface area contributed by atoms with Gasteiger partial charge >= 0.3 is 6.09 Å². The van der Waals surface area contributed by atoms with Crippen LogP contribution in [0.15, 0.2) is 30.7 Å². The fraction of sp³-hybridized carbons (Fsp3) is 0.571. The number of hydrogen-bond acceptors (Lipinski definition) is 5. The zero-order valence-corrected chi connectivity index (χ0v) is 16.4. The summed E-state index contributed by atoms with van der Waals surface area (Å²) < 4.78 is 5.56. The van der Waals surface area contributed by atoms with E-state index in [-0.39, 0.29) is 11.5 Å². The molecule has 2 aromatic heterocycles. The van der Waals surface area contributed by atoms with E-state index in [4.69, 9.17) is 4.74 Å². The predicted molar refractivity (Wildman–Crippen MR) is 106 cm³/mol. The van der Waals surface area contributed by atoms with Crippen LogP contribution in [0, 0.1) is 5.41 Å². The SMILES string of the molecule is CC(C)(C)OC(=O)N1CCC2(CCN(c3ccnc4cnccc34)CC2)C1. The molecule has 6 heteroatoms. The number of carbonyl (C=O) groups excluding carboxylic acids is 1. The van der Waals surface area contributed by atoms with Gasteiger partial charge in [-0.3, -0.25) is 9.97 Å². The molecule has 0 aliphatic carbocycles. The van der Waals surface area contributed by atoms with E-state index < -0.39 is 5.60 Å². The lowest BCUT2D eigenvalue weighted by atomic mass is 9.77. The third kappa shape index (κ3) is 3.70. The summed E-state index contributed by atoms with van der Waals surface area (Å²) in [5.74, 6) is 0. The Morgan fingerprint density at radius 3 is 2.59 bits per heavy atom. The molecule has 0 saturated carbocycles. The van der Waals surface area contributed by atoms with E-state index in [1.165, 1.54) is 5.69 Å². The summed E-state index contributed by atoms with van der Waals surface area (Å²) in [7, 11) is 0. The summed E-state index contributed by atoms with van der Waals surface area (Å²) in [4.78, 5) is 25.3. The maximum absolute atomic E-state index is 12.4. The second kappa shape index (κ2) is 6.66. The van der Waals surface area contributed by atoms with Crippen molar-refractivity contribution in [3.63, 3.8) is 0 Å². The van der Waals surface area contributed by atoms with Crippen molar-refractivity contribution < 1.29 is 9.53 Å². The third-order valence-electron chi connectivity index (χ3n) is 5.78. The van der Waals surface area contributed by atoms with Gasteiger partial charge in [-0.05, 0) is 57.6 Å². The molecular formula is C21H28N4O2. The molecule has 6 nitrogen and oxygen atoms in total. The van der Waals surface area contributed by atoms with Crippen LogP contribution >= 0.6 is 0 Å². The molecule has 0 radical (unpaired) electrons. The summed E-state index contributed by atoms with van der Waals surface area (Å²) in [5, 5.41) is 1.16. The Morgan fingerprint density at radius 1 is 1.11 bits per heavy atom. The quantitative estimate of drug-likeness (QED) is 0.765. The highest BCUT2D eigenvalue weighted by atomic mass is 16.6. The number of carbonyl (C=O) groups is 1. The Kier molecular flexibility index (Phi) is 4.44. The molecule has 2 aliphatic heterocycles. The normalized spacial score (nSPS) is 19.7. The molecule has 0 unspecified atom stereocenters. The molecular weight excluding hydrogens is 340 g/mol. The first-order valence-corrected chi connectivity index (χ1v) is 9.77. The van der Waals surface area contributed by atoms with E-state index in [2.05, 4.69) is 20.9 Å². The number of rotatable bonds is 1. The van der Waals surface area contributed by atoms with Gasteiger partial charge in [0.25, 0.3) is 0 Å². The zero-order valence-electron chi connectivity index (χ0n) is 16.4. The summed E-state index contributed by atoms with van der Waals surface area (Å²) in [6.45, 7) is 9.39. The molecule has 4 rings (SSSR count). The lowest BCUT2D eigenvalue weighted by Crippen LogP contribution is -2.43. The van der Waals surface area contributed by atoms with Crippen LogP contribution in [0.2, 0.25) is 0 Å². The van der Waals surface area contributed by atoms with Crippen molar-refractivity contribution in [1.29, 1.82) is 0 Å². The second-order valence-electron chi connectivity index (χ2n) is 8.86. The van der Waals surface area contributed by atoms with Gasteiger partial charge in [-0.2, -0.15) is 0 Å². The maximum Gasteiger partial charge on any atom is 0.410 e. The highest BCUT2D eigenvalue weighted by Gasteiger charge is 2.43. The Balaban J connectivity index is 1.43. The minimum absolute atomic E-state index is 0.172. The van der Waals surface area contributed by atoms with Crippen LogP contribution in [0.25, 0.3) is 10.9 Å². The Labute approximate surface area is 160 Å². The molecule has 0 aromatic carbocycles. The minimum atomic E-state index is -0.437. The first-order chi connectivity index (χ1) is 12.9. The summed E-state index contributed by atoms with van der Waals surface area (Å²) in [5.41, 5.74) is 1.97. The molecule has 0 N–H and O–H groups in total. The van der Waals surface area contributed by atoms with Gasteiger partial charge in [0.05, 0.1) is 11.7 Å². The molecule has 2 saturated heterocycles. The smallest absolute Gasteiger partial charge is 0.410 e. The largest absolute Gasteiger partial charge is 0.444 e. The van der Waals surface area contributed by atoms with Crippen molar-refractivity contribution in [2.75, 3.05) is 31.1 Å². The number of likely N-dealkylation sites (tertiary alicyclic amines) is 1. The zero-order chi connectivity index (χ0) is 19.1. The van der Waals surface area contributed by atoms with Crippen molar-refractivity contribution in [2.24, 2.45) is 5.41 Å². The summed E-state index contributed by atoms with van der Waals surface area (Å²) in [6, 6.07) is 4.14. The van der Waals surface area contributed by atoms with Gasteiger partial charge in [0.15, 0.2) is 0 Å². The monoisotopic (exact) mass is 368 g/mol. The highest BCUT2D eigenvalue weighted by molar-refractivity contribution is 5.90. The van der Waals surface area contributed by atoms with E-state index in [9.17, 15) is 4.79 Å². The molecule has 4 heterocycles. The molecule has 0 atom stereocenters. The number of anilines is 1. The Bertz CT molecular complexity index is 832. The lowest BCUT2D eigenvalue weighted by molar-refractivity contribution is 0.0266. The van der Waals surface area contributed by atoms with Crippen molar-refractivity contribution in [1.82, 2.24) is 14.9 Å². The molecule has 2 aliphatic rings. The number of amides is 1. The Hall–Kier alpha value is -2.37. The number of fused-ring (bicyclic) bond motifs is 1. The van der Waals surface area contributed by atoms with Crippen LogP contribution in [-0.4, -0.2) is 52.7 Å². The van der Waals surface area contributed by atoms with Gasteiger partial charge in [-0.1, -0.05) is 0 Å². The molecule has 1 spiro atoms. The van der Waals surface area contributed by atoms with Gasteiger partial charge in [0.2, 0.25) is 0 Å². The standard InChI is InChI=1S/C21H28N4O2/c1-20(2,3)27-19(26)25-13-8-21(15-25)6-11-24(12-7-21)18-5-10-23-17-14-22-9-4-16(17)18/h4-5,9-10,14H,6-8,11-13,15H2,1-3H3. The predicted octanol–water partition coefficient (Wildman–Crippen LogP) is 3.86. The van der Waals surface area contributed by atoms with E-state index in [0.29, 0.717) is 0 Å². The maximum atomic E-state index is 12.4. The van der Waals surface area contributed by atoms with E-state index >= 15 is 0 Å². The first kappa shape index (κ1) is 18.0. The number of nitrogens with zero attached hydrogens (tertiary/aromatic N) is 4. The van der Waals surface area contributed by atoms with Gasteiger partial charge in [0.1, 0.15) is 5.60 Å².